The van der Waals surface area contributed by atoms with Crippen molar-refractivity contribution in [2.24, 2.45) is 5.92 Å². The first-order valence-electron chi connectivity index (χ1n) is 6.18. The molecule has 0 atom stereocenters. The minimum atomic E-state index is -0.0495. The number of nitrogens with zero attached hydrogens (tertiary/aromatic N) is 2. The molecule has 0 saturated carbocycles. The Kier molecular flexibility index (Phi) is 4.70. The largest absolute Gasteiger partial charge is 0.352 e. The third-order valence-electron chi connectivity index (χ3n) is 3.18. The average molecular weight is 295 g/mol. The minimum Gasteiger partial charge on any atom is -0.352 e. The summed E-state index contributed by atoms with van der Waals surface area (Å²) in [5, 5.41) is 9.85. The van der Waals surface area contributed by atoms with Gasteiger partial charge in [0.1, 0.15) is 0 Å². The molecule has 2 aromatic rings. The van der Waals surface area contributed by atoms with Crippen LogP contribution in [0.1, 0.15) is 10.4 Å². The summed E-state index contributed by atoms with van der Waals surface area (Å²) in [4.78, 5) is 15.9. The molecule has 2 heterocycles. The normalized spacial score (nSPS) is 14.2. The van der Waals surface area contributed by atoms with Gasteiger partial charge in [0.25, 0.3) is 5.91 Å². The van der Waals surface area contributed by atoms with Gasteiger partial charge in [-0.1, -0.05) is 17.3 Å². The summed E-state index contributed by atoms with van der Waals surface area (Å²) < 4.78 is 4.68. The van der Waals surface area contributed by atoms with E-state index in [1.807, 2.05) is 12.1 Å². The van der Waals surface area contributed by atoms with Crippen molar-refractivity contribution in [3.8, 4) is 11.4 Å². The first-order valence-corrected chi connectivity index (χ1v) is 6.18. The second kappa shape index (κ2) is 6.49. The van der Waals surface area contributed by atoms with E-state index >= 15 is 0 Å². The molecule has 1 fully saturated rings. The number of carbonyl (C=O) groups excluding carboxylic acids is 1. The molecule has 1 aliphatic heterocycles. The third-order valence-corrected chi connectivity index (χ3v) is 3.18. The maximum Gasteiger partial charge on any atom is 0.251 e. The van der Waals surface area contributed by atoms with Crippen LogP contribution in [0, 0.1) is 5.92 Å². The van der Waals surface area contributed by atoms with Crippen molar-refractivity contribution < 1.29 is 9.32 Å². The topological polar surface area (TPSA) is 80.0 Å². The highest BCUT2D eigenvalue weighted by molar-refractivity contribution is 5.94. The molecule has 1 saturated heterocycles. The van der Waals surface area contributed by atoms with Crippen molar-refractivity contribution in [1.82, 2.24) is 20.8 Å². The number of carbonyl (C=O) groups is 1. The van der Waals surface area contributed by atoms with Gasteiger partial charge < -0.3 is 15.2 Å². The van der Waals surface area contributed by atoms with Crippen molar-refractivity contribution in [2.45, 2.75) is 0 Å². The van der Waals surface area contributed by atoms with Gasteiger partial charge in [-0.2, -0.15) is 4.98 Å². The second-order valence-corrected chi connectivity index (χ2v) is 4.57. The van der Waals surface area contributed by atoms with Crippen molar-refractivity contribution in [3.63, 3.8) is 0 Å². The molecule has 3 rings (SSSR count). The number of benzene rings is 1. The highest BCUT2D eigenvalue weighted by Gasteiger charge is 2.17. The predicted molar refractivity (Wildman–Crippen MR) is 75.7 cm³/mol. The maximum absolute atomic E-state index is 11.9. The Bertz CT molecular complexity index is 552. The van der Waals surface area contributed by atoms with Crippen LogP contribution in [0.15, 0.2) is 35.2 Å². The summed E-state index contributed by atoms with van der Waals surface area (Å²) in [5.74, 6) is 1.03. The van der Waals surface area contributed by atoms with E-state index in [-0.39, 0.29) is 18.3 Å². The minimum absolute atomic E-state index is 0. The maximum atomic E-state index is 11.9. The van der Waals surface area contributed by atoms with E-state index in [2.05, 4.69) is 25.3 Å². The van der Waals surface area contributed by atoms with E-state index in [0.29, 0.717) is 17.3 Å². The number of rotatable bonds is 4. The zero-order chi connectivity index (χ0) is 13.1. The van der Waals surface area contributed by atoms with E-state index in [0.717, 1.165) is 25.2 Å². The van der Waals surface area contributed by atoms with Crippen molar-refractivity contribution in [3.05, 3.63) is 36.2 Å². The van der Waals surface area contributed by atoms with Gasteiger partial charge in [-0.05, 0) is 12.1 Å². The molecule has 0 aliphatic carbocycles. The fourth-order valence-electron chi connectivity index (χ4n) is 1.90. The van der Waals surface area contributed by atoms with Gasteiger partial charge in [0.05, 0.1) is 0 Å². The Morgan fingerprint density at radius 1 is 1.35 bits per heavy atom. The Labute approximate surface area is 122 Å². The Morgan fingerprint density at radius 2 is 2.10 bits per heavy atom. The highest BCUT2D eigenvalue weighted by Crippen LogP contribution is 2.15. The average Bonchev–Trinajstić information content (AvgIpc) is 2.91. The third kappa shape index (κ3) is 3.15. The van der Waals surface area contributed by atoms with E-state index in [4.69, 9.17) is 0 Å². The molecule has 20 heavy (non-hydrogen) atoms. The number of hydrogen-bond donors (Lipinski definition) is 2. The Morgan fingerprint density at radius 3 is 2.65 bits per heavy atom. The van der Waals surface area contributed by atoms with Crippen LogP contribution in [0.4, 0.5) is 0 Å². The molecule has 1 aromatic carbocycles. The second-order valence-electron chi connectivity index (χ2n) is 4.57. The van der Waals surface area contributed by atoms with E-state index < -0.39 is 0 Å². The fourth-order valence-corrected chi connectivity index (χ4v) is 1.90. The van der Waals surface area contributed by atoms with Gasteiger partial charge in [-0.25, -0.2) is 0 Å². The van der Waals surface area contributed by atoms with Gasteiger partial charge in [0, 0.05) is 36.7 Å². The zero-order valence-corrected chi connectivity index (χ0v) is 11.5. The molecular weight excluding hydrogens is 280 g/mol. The van der Waals surface area contributed by atoms with Crippen LogP contribution in [0.25, 0.3) is 11.4 Å². The molecule has 2 N–H and O–H groups in total. The van der Waals surface area contributed by atoms with Crippen LogP contribution < -0.4 is 10.6 Å². The first-order chi connectivity index (χ1) is 9.33. The molecule has 0 spiro atoms. The van der Waals surface area contributed by atoms with Crippen molar-refractivity contribution in [1.29, 1.82) is 0 Å². The van der Waals surface area contributed by atoms with Crippen LogP contribution >= 0.6 is 12.4 Å². The molecule has 1 amide bonds. The standard InChI is InChI=1S/C13H14N4O2.ClH/c18-13(15-7-9-5-14-6-9)11-3-1-10(2-4-11)12-16-8-19-17-12;/h1-4,8-9,14H,5-7H2,(H,15,18);1H. The summed E-state index contributed by atoms with van der Waals surface area (Å²) in [5.41, 5.74) is 1.47. The Hall–Kier alpha value is -1.92. The molecule has 0 unspecified atom stereocenters. The SMILES string of the molecule is Cl.O=C(NCC1CNC1)c1ccc(-c2ncon2)cc1. The summed E-state index contributed by atoms with van der Waals surface area (Å²) in [6.07, 6.45) is 1.28. The van der Waals surface area contributed by atoms with Gasteiger partial charge >= 0.3 is 0 Å². The van der Waals surface area contributed by atoms with Crippen LogP contribution in [0.3, 0.4) is 0 Å². The van der Waals surface area contributed by atoms with Crippen molar-refractivity contribution >= 4 is 18.3 Å². The van der Waals surface area contributed by atoms with Crippen LogP contribution in [-0.4, -0.2) is 35.7 Å². The molecule has 106 valence electrons. The van der Waals surface area contributed by atoms with E-state index in [9.17, 15) is 4.79 Å². The number of hydrogen-bond acceptors (Lipinski definition) is 5. The Balaban J connectivity index is 0.00000147. The van der Waals surface area contributed by atoms with Gasteiger partial charge in [-0.15, -0.1) is 12.4 Å². The van der Waals surface area contributed by atoms with Gasteiger partial charge in [-0.3, -0.25) is 4.79 Å². The molecule has 0 radical (unpaired) electrons. The molecule has 1 aromatic heterocycles. The van der Waals surface area contributed by atoms with Gasteiger partial charge in [0.2, 0.25) is 12.2 Å². The summed E-state index contributed by atoms with van der Waals surface area (Å²) in [6, 6.07) is 7.15. The lowest BCUT2D eigenvalue weighted by Gasteiger charge is -2.27. The summed E-state index contributed by atoms with van der Waals surface area (Å²) >= 11 is 0. The van der Waals surface area contributed by atoms with Crippen LogP contribution in [0.2, 0.25) is 0 Å². The molecular formula is C13H15ClN4O2. The van der Waals surface area contributed by atoms with E-state index in [1.54, 1.807) is 12.1 Å². The predicted octanol–water partition coefficient (Wildman–Crippen LogP) is 1.11. The van der Waals surface area contributed by atoms with Crippen LogP contribution in [-0.2, 0) is 0 Å². The lowest BCUT2D eigenvalue weighted by Crippen LogP contribution is -2.48. The lowest BCUT2D eigenvalue weighted by atomic mass is 10.0. The quantitative estimate of drug-likeness (QED) is 0.883. The number of halogens is 1. The summed E-state index contributed by atoms with van der Waals surface area (Å²) in [6.45, 7) is 2.69. The molecule has 6 nitrogen and oxygen atoms in total. The molecule has 1 aliphatic rings. The van der Waals surface area contributed by atoms with Crippen LogP contribution in [0.5, 0.6) is 0 Å². The molecule has 0 bridgehead atoms. The first kappa shape index (κ1) is 14.5. The molecule has 7 heteroatoms. The summed E-state index contributed by atoms with van der Waals surface area (Å²) in [7, 11) is 0. The number of nitrogens with one attached hydrogen (secondary N) is 2. The zero-order valence-electron chi connectivity index (χ0n) is 10.7. The smallest absolute Gasteiger partial charge is 0.251 e. The van der Waals surface area contributed by atoms with Gasteiger partial charge in [0.15, 0.2) is 0 Å². The monoisotopic (exact) mass is 294 g/mol. The number of aromatic nitrogens is 2. The van der Waals surface area contributed by atoms with Crippen molar-refractivity contribution in [2.75, 3.05) is 19.6 Å². The number of amides is 1. The van der Waals surface area contributed by atoms with E-state index in [1.165, 1.54) is 6.39 Å². The highest BCUT2D eigenvalue weighted by atomic mass is 35.5. The lowest BCUT2D eigenvalue weighted by molar-refractivity contribution is 0.0942. The fraction of sp³-hybridized carbons (Fsp3) is 0.308.